The summed E-state index contributed by atoms with van der Waals surface area (Å²) in [5.74, 6) is 0.496. The zero-order valence-corrected chi connectivity index (χ0v) is 15.8. The molecule has 6 nitrogen and oxygen atoms in total. The van der Waals surface area contributed by atoms with Crippen LogP contribution in [0.25, 0.3) is 16.9 Å². The van der Waals surface area contributed by atoms with Gasteiger partial charge in [0.1, 0.15) is 16.9 Å². The number of fused-ring (bicyclic) bond motifs is 1. The lowest BCUT2D eigenvalue weighted by molar-refractivity contribution is 0.100. The van der Waals surface area contributed by atoms with Crippen molar-refractivity contribution in [2.45, 2.75) is 52.9 Å². The highest BCUT2D eigenvalue weighted by Gasteiger charge is 2.32. The molecule has 1 atom stereocenters. The highest BCUT2D eigenvalue weighted by Crippen LogP contribution is 2.43. The van der Waals surface area contributed by atoms with Gasteiger partial charge in [0, 0.05) is 17.5 Å². The van der Waals surface area contributed by atoms with Gasteiger partial charge in [0.05, 0.1) is 11.4 Å². The smallest absolute Gasteiger partial charge is 0.254 e. The second-order valence-electron chi connectivity index (χ2n) is 7.63. The van der Waals surface area contributed by atoms with Gasteiger partial charge in [-0.3, -0.25) is 9.36 Å². The van der Waals surface area contributed by atoms with Crippen LogP contribution in [0.2, 0.25) is 0 Å². The molecule has 0 radical (unpaired) electrons. The largest absolute Gasteiger partial charge is 0.384 e. The van der Waals surface area contributed by atoms with E-state index >= 15 is 0 Å². The number of hydrogen-bond acceptors (Lipinski definition) is 4. The van der Waals surface area contributed by atoms with E-state index in [1.165, 1.54) is 5.57 Å². The van der Waals surface area contributed by atoms with Crippen LogP contribution in [0, 0.1) is 12.8 Å². The molecule has 2 aromatic rings. The van der Waals surface area contributed by atoms with E-state index in [0.29, 0.717) is 22.9 Å². The first-order chi connectivity index (χ1) is 12.3. The van der Waals surface area contributed by atoms with Crippen LogP contribution in [-0.4, -0.2) is 20.4 Å². The summed E-state index contributed by atoms with van der Waals surface area (Å²) in [5, 5.41) is 0. The van der Waals surface area contributed by atoms with Crippen molar-refractivity contribution in [3.05, 3.63) is 34.2 Å². The Bertz CT molecular complexity index is 1010. The maximum Gasteiger partial charge on any atom is 0.254 e. The lowest BCUT2D eigenvalue weighted by Crippen LogP contribution is -2.17. The fourth-order valence-electron chi connectivity index (χ4n) is 4.00. The number of allylic oxidation sites excluding steroid dienone is 4. The number of rotatable bonds is 3. The van der Waals surface area contributed by atoms with Crippen LogP contribution >= 0.6 is 0 Å². The maximum atomic E-state index is 12.2. The molecule has 2 heterocycles. The molecular weight excluding hydrogens is 326 g/mol. The molecule has 6 heteroatoms. The summed E-state index contributed by atoms with van der Waals surface area (Å²) >= 11 is 0. The van der Waals surface area contributed by atoms with Crippen LogP contribution in [0.5, 0.6) is 0 Å². The summed E-state index contributed by atoms with van der Waals surface area (Å²) in [4.78, 5) is 21.8. The minimum Gasteiger partial charge on any atom is -0.384 e. The number of nitrogens with two attached hydrogens (primary N) is 2. The molecular formula is C20H25N5O. The molecule has 4 N–H and O–H groups in total. The first-order valence-corrected chi connectivity index (χ1v) is 9.17. The lowest BCUT2D eigenvalue weighted by atomic mass is 9.89. The first-order valence-electron chi connectivity index (χ1n) is 9.17. The second-order valence-corrected chi connectivity index (χ2v) is 7.63. The van der Waals surface area contributed by atoms with Crippen molar-refractivity contribution in [1.82, 2.24) is 14.5 Å². The van der Waals surface area contributed by atoms with Gasteiger partial charge in [-0.15, -0.1) is 0 Å². The molecule has 1 saturated carbocycles. The number of nitrogen functional groups attached to an aromatic ring is 1. The van der Waals surface area contributed by atoms with E-state index < -0.39 is 5.91 Å². The Hall–Kier alpha value is -2.63. The summed E-state index contributed by atoms with van der Waals surface area (Å²) in [6.07, 6.45) is 5.40. The van der Waals surface area contributed by atoms with Gasteiger partial charge in [-0.05, 0) is 45.6 Å². The number of carbonyl (C=O) groups is 1. The van der Waals surface area contributed by atoms with Crippen molar-refractivity contribution in [1.29, 1.82) is 0 Å². The van der Waals surface area contributed by atoms with Crippen LogP contribution in [0.3, 0.4) is 0 Å². The van der Waals surface area contributed by atoms with Crippen LogP contribution < -0.4 is 11.5 Å². The van der Waals surface area contributed by atoms with Crippen LogP contribution in [0.4, 0.5) is 5.82 Å². The Kier molecular flexibility index (Phi) is 3.68. The summed E-state index contributed by atoms with van der Waals surface area (Å²) in [7, 11) is 0. The number of hydrogen-bond donors (Lipinski definition) is 2. The summed E-state index contributed by atoms with van der Waals surface area (Å²) in [5.41, 5.74) is 18.9. The molecule has 26 heavy (non-hydrogen) atoms. The predicted molar refractivity (Wildman–Crippen MR) is 104 cm³/mol. The molecule has 1 amide bonds. The Morgan fingerprint density at radius 2 is 1.92 bits per heavy atom. The monoisotopic (exact) mass is 351 g/mol. The van der Waals surface area contributed by atoms with Crippen molar-refractivity contribution in [2.24, 2.45) is 11.7 Å². The zero-order valence-electron chi connectivity index (χ0n) is 15.8. The summed E-state index contributed by atoms with van der Waals surface area (Å²) in [6, 6.07) is 0. The predicted octanol–water partition coefficient (Wildman–Crippen LogP) is 3.52. The van der Waals surface area contributed by atoms with E-state index in [0.717, 1.165) is 41.9 Å². The molecule has 1 fully saturated rings. The number of amides is 1. The van der Waals surface area contributed by atoms with Crippen molar-refractivity contribution < 1.29 is 4.79 Å². The van der Waals surface area contributed by atoms with Gasteiger partial charge in [-0.25, -0.2) is 9.97 Å². The Morgan fingerprint density at radius 1 is 1.23 bits per heavy atom. The van der Waals surface area contributed by atoms with Gasteiger partial charge >= 0.3 is 0 Å². The van der Waals surface area contributed by atoms with Gasteiger partial charge in [-0.1, -0.05) is 18.6 Å². The van der Waals surface area contributed by atoms with Crippen LogP contribution in [0.15, 0.2) is 17.2 Å². The highest BCUT2D eigenvalue weighted by molar-refractivity contribution is 6.10. The third-order valence-electron chi connectivity index (χ3n) is 5.71. The van der Waals surface area contributed by atoms with Gasteiger partial charge in [-0.2, -0.15) is 0 Å². The minimum atomic E-state index is -0.555. The highest BCUT2D eigenvalue weighted by atomic mass is 16.1. The fourth-order valence-corrected chi connectivity index (χ4v) is 4.00. The summed E-state index contributed by atoms with van der Waals surface area (Å²) < 4.78 is 1.91. The third-order valence-corrected chi connectivity index (χ3v) is 5.71. The van der Waals surface area contributed by atoms with Gasteiger partial charge in [0.15, 0.2) is 5.65 Å². The number of anilines is 1. The van der Waals surface area contributed by atoms with Crippen LogP contribution in [0.1, 0.15) is 67.7 Å². The van der Waals surface area contributed by atoms with E-state index in [1.54, 1.807) is 0 Å². The van der Waals surface area contributed by atoms with E-state index in [1.807, 2.05) is 11.5 Å². The molecule has 0 bridgehead atoms. The van der Waals surface area contributed by atoms with Crippen molar-refractivity contribution >= 4 is 28.6 Å². The number of nitrogens with zero attached hydrogens (tertiary/aromatic N) is 3. The van der Waals surface area contributed by atoms with E-state index in [9.17, 15) is 4.79 Å². The topological polar surface area (TPSA) is 99.8 Å². The number of carbonyl (C=O) groups excluding carboxylic acids is 1. The van der Waals surface area contributed by atoms with Crippen molar-refractivity contribution in [3.63, 3.8) is 0 Å². The number of aromatic nitrogens is 3. The molecule has 0 unspecified atom stereocenters. The fraction of sp³-hybridized carbons (Fsp3) is 0.450. The van der Waals surface area contributed by atoms with Crippen molar-refractivity contribution in [2.75, 3.05) is 5.73 Å². The molecule has 136 valence electrons. The Morgan fingerprint density at radius 3 is 2.54 bits per heavy atom. The average Bonchev–Trinajstić information content (AvgIpc) is 3.37. The molecule has 4 rings (SSSR count). The first kappa shape index (κ1) is 16.8. The Labute approximate surface area is 153 Å². The van der Waals surface area contributed by atoms with Gasteiger partial charge < -0.3 is 11.5 Å². The van der Waals surface area contributed by atoms with Crippen LogP contribution in [-0.2, 0) is 0 Å². The van der Waals surface area contributed by atoms with Crippen molar-refractivity contribution in [3.8, 4) is 0 Å². The SMILES string of the molecule is CC1=CC[C@@H](C)C(n2c(N)c(C(N)=O)c3nc(C4CC4)c(C)nc32)=C1C. The van der Waals surface area contributed by atoms with Gasteiger partial charge in [0.2, 0.25) is 0 Å². The second kappa shape index (κ2) is 5.69. The molecule has 0 aliphatic heterocycles. The number of primary amides is 1. The lowest BCUT2D eigenvalue weighted by Gasteiger charge is -2.25. The molecule has 2 aliphatic carbocycles. The Balaban J connectivity index is 2.08. The van der Waals surface area contributed by atoms with E-state index in [-0.39, 0.29) is 11.5 Å². The quantitative estimate of drug-likeness (QED) is 0.883. The molecule has 0 spiro atoms. The third kappa shape index (κ3) is 2.35. The van der Waals surface area contributed by atoms with E-state index in [2.05, 4.69) is 26.8 Å². The molecule has 2 aromatic heterocycles. The zero-order chi connectivity index (χ0) is 18.7. The average molecular weight is 351 g/mol. The maximum absolute atomic E-state index is 12.2. The molecule has 0 aromatic carbocycles. The summed E-state index contributed by atoms with van der Waals surface area (Å²) in [6.45, 7) is 8.33. The number of aryl methyl sites for hydroxylation is 1. The normalized spacial score (nSPS) is 20.6. The standard InChI is InChI=1S/C20H25N5O/c1-9-5-6-10(2)17(11(9)3)25-18(21)14(19(22)26)16-20(25)23-12(4)15(24-16)13-7-8-13/h5,10,13H,6-8,21H2,1-4H3,(H2,22,26)/t10-/m1/s1. The molecule has 2 aliphatic rings. The minimum absolute atomic E-state index is 0.266. The van der Waals surface area contributed by atoms with E-state index in [4.69, 9.17) is 21.4 Å². The van der Waals surface area contributed by atoms with Gasteiger partial charge in [0.25, 0.3) is 5.91 Å². The molecule has 0 saturated heterocycles.